The zero-order valence-electron chi connectivity index (χ0n) is 14.1. The fourth-order valence-electron chi connectivity index (χ4n) is 2.04. The standard InChI is InChI=1S/C17H23N.C2H6/c1-6-10-16(17(7-2)18-8-3)15-12-9-11-13(4)14(15)5;1-2/h7-12H,6H2,1-5H3;1-2H3/b16-10-,17-7-,18-8?;. The topological polar surface area (TPSA) is 12.4 Å². The van der Waals surface area contributed by atoms with Gasteiger partial charge >= 0.3 is 0 Å². The molecular formula is C19H29N. The van der Waals surface area contributed by atoms with E-state index in [2.05, 4.69) is 56.1 Å². The molecule has 1 aromatic rings. The van der Waals surface area contributed by atoms with Crippen LogP contribution in [0.3, 0.4) is 0 Å². The van der Waals surface area contributed by atoms with E-state index in [-0.39, 0.29) is 0 Å². The van der Waals surface area contributed by atoms with Crippen molar-refractivity contribution < 1.29 is 0 Å². The summed E-state index contributed by atoms with van der Waals surface area (Å²) in [5.74, 6) is 0. The summed E-state index contributed by atoms with van der Waals surface area (Å²) in [4.78, 5) is 4.48. The lowest BCUT2D eigenvalue weighted by molar-refractivity contribution is 1.21. The van der Waals surface area contributed by atoms with Crippen molar-refractivity contribution in [1.82, 2.24) is 0 Å². The molecule has 0 fully saturated rings. The number of benzene rings is 1. The van der Waals surface area contributed by atoms with Gasteiger partial charge < -0.3 is 0 Å². The zero-order chi connectivity index (χ0) is 15.5. The van der Waals surface area contributed by atoms with Gasteiger partial charge in [-0.25, -0.2) is 0 Å². The summed E-state index contributed by atoms with van der Waals surface area (Å²) in [5, 5.41) is 0. The number of nitrogens with zero attached hydrogens (tertiary/aromatic N) is 1. The Hall–Kier alpha value is -1.63. The van der Waals surface area contributed by atoms with E-state index in [9.17, 15) is 0 Å². The van der Waals surface area contributed by atoms with Crippen molar-refractivity contribution in [3.05, 3.63) is 52.7 Å². The lowest BCUT2D eigenvalue weighted by atomic mass is 9.94. The Kier molecular flexibility index (Phi) is 9.36. The molecule has 1 aromatic carbocycles. The Morgan fingerprint density at radius 2 is 1.80 bits per heavy atom. The molecule has 0 unspecified atom stereocenters. The van der Waals surface area contributed by atoms with E-state index in [1.807, 2.05) is 33.9 Å². The van der Waals surface area contributed by atoms with Crippen LogP contribution in [0.1, 0.15) is 57.7 Å². The molecule has 0 radical (unpaired) electrons. The lowest BCUT2D eigenvalue weighted by Gasteiger charge is -2.13. The lowest BCUT2D eigenvalue weighted by Crippen LogP contribution is -1.94. The third-order valence-electron chi connectivity index (χ3n) is 3.12. The van der Waals surface area contributed by atoms with Gasteiger partial charge in [0.05, 0.1) is 5.70 Å². The van der Waals surface area contributed by atoms with E-state index < -0.39 is 0 Å². The van der Waals surface area contributed by atoms with E-state index >= 15 is 0 Å². The predicted molar refractivity (Wildman–Crippen MR) is 93.5 cm³/mol. The maximum absolute atomic E-state index is 4.48. The molecule has 1 nitrogen and oxygen atoms in total. The van der Waals surface area contributed by atoms with Crippen molar-refractivity contribution in [3.63, 3.8) is 0 Å². The molecule has 20 heavy (non-hydrogen) atoms. The molecule has 0 heterocycles. The summed E-state index contributed by atoms with van der Waals surface area (Å²) in [6.45, 7) is 14.5. The Bertz CT molecular complexity index is 490. The van der Waals surface area contributed by atoms with E-state index in [4.69, 9.17) is 0 Å². The number of rotatable bonds is 4. The van der Waals surface area contributed by atoms with Crippen LogP contribution in [-0.2, 0) is 0 Å². The predicted octanol–water partition coefficient (Wildman–Crippen LogP) is 6.12. The first kappa shape index (κ1) is 18.4. The highest BCUT2D eigenvalue weighted by Crippen LogP contribution is 2.28. The van der Waals surface area contributed by atoms with Crippen molar-refractivity contribution >= 4 is 11.8 Å². The number of aryl methyl sites for hydroxylation is 1. The Morgan fingerprint density at radius 1 is 1.15 bits per heavy atom. The first-order valence-corrected chi connectivity index (χ1v) is 7.57. The minimum Gasteiger partial charge on any atom is -0.261 e. The number of hydrogen-bond acceptors (Lipinski definition) is 1. The number of allylic oxidation sites excluding steroid dienone is 3. The summed E-state index contributed by atoms with van der Waals surface area (Å²) < 4.78 is 0. The Labute approximate surface area is 125 Å². The van der Waals surface area contributed by atoms with Crippen molar-refractivity contribution in [3.8, 4) is 0 Å². The van der Waals surface area contributed by atoms with Crippen LogP contribution < -0.4 is 0 Å². The van der Waals surface area contributed by atoms with Crippen molar-refractivity contribution in [2.24, 2.45) is 4.99 Å². The van der Waals surface area contributed by atoms with Gasteiger partial charge in [0, 0.05) is 11.8 Å². The van der Waals surface area contributed by atoms with Crippen LogP contribution in [0.15, 0.2) is 41.0 Å². The molecule has 0 spiro atoms. The highest BCUT2D eigenvalue weighted by molar-refractivity contribution is 5.82. The minimum atomic E-state index is 1.01. The van der Waals surface area contributed by atoms with Gasteiger partial charge in [-0.3, -0.25) is 4.99 Å². The molecule has 0 aromatic heterocycles. The van der Waals surface area contributed by atoms with E-state index in [1.165, 1.54) is 22.3 Å². The molecule has 1 heteroatoms. The molecule has 0 saturated heterocycles. The quantitative estimate of drug-likeness (QED) is 0.462. The summed E-state index contributed by atoms with van der Waals surface area (Å²) in [6, 6.07) is 6.45. The van der Waals surface area contributed by atoms with E-state index in [0.717, 1.165) is 12.1 Å². The number of hydrogen-bond donors (Lipinski definition) is 0. The summed E-state index contributed by atoms with van der Waals surface area (Å²) in [7, 11) is 0. The highest BCUT2D eigenvalue weighted by atomic mass is 14.7. The molecular weight excluding hydrogens is 242 g/mol. The van der Waals surface area contributed by atoms with Gasteiger partial charge in [-0.2, -0.15) is 0 Å². The summed E-state index contributed by atoms with van der Waals surface area (Å²) >= 11 is 0. The molecule has 110 valence electrons. The minimum absolute atomic E-state index is 1.01. The van der Waals surface area contributed by atoms with Crippen molar-refractivity contribution in [2.45, 2.75) is 54.9 Å². The molecule has 0 atom stereocenters. The summed E-state index contributed by atoms with van der Waals surface area (Å²) in [5.41, 5.74) is 6.23. The van der Waals surface area contributed by atoms with Crippen LogP contribution in [-0.4, -0.2) is 6.21 Å². The molecule has 0 aliphatic heterocycles. The fourth-order valence-corrected chi connectivity index (χ4v) is 2.04. The van der Waals surface area contributed by atoms with E-state index in [1.54, 1.807) is 0 Å². The Balaban J connectivity index is 0.00000172. The second-order valence-electron chi connectivity index (χ2n) is 4.33. The van der Waals surface area contributed by atoms with Gasteiger partial charge in [0.2, 0.25) is 0 Å². The second-order valence-corrected chi connectivity index (χ2v) is 4.33. The van der Waals surface area contributed by atoms with Crippen LogP contribution >= 0.6 is 0 Å². The van der Waals surface area contributed by atoms with Gasteiger partial charge in [-0.15, -0.1) is 0 Å². The Morgan fingerprint density at radius 3 is 2.30 bits per heavy atom. The van der Waals surface area contributed by atoms with Gasteiger partial charge in [0.25, 0.3) is 0 Å². The van der Waals surface area contributed by atoms with Crippen LogP contribution in [0.25, 0.3) is 5.57 Å². The number of aliphatic imine (C=N–C) groups is 1. The average molecular weight is 271 g/mol. The smallest absolute Gasteiger partial charge is 0.0658 e. The fraction of sp³-hybridized carbons (Fsp3) is 0.421. The summed E-state index contributed by atoms with van der Waals surface area (Å²) in [6.07, 6.45) is 7.19. The molecule has 1 rings (SSSR count). The molecule has 0 saturated carbocycles. The normalized spacial score (nSPS) is 12.3. The third-order valence-corrected chi connectivity index (χ3v) is 3.12. The van der Waals surface area contributed by atoms with Crippen LogP contribution in [0.4, 0.5) is 0 Å². The largest absolute Gasteiger partial charge is 0.261 e. The molecule has 0 aliphatic rings. The molecule has 0 aliphatic carbocycles. The SMILES string of the molecule is CC.CC=NC(=C\C)/C(=C\CC)c1cccc(C)c1C. The maximum Gasteiger partial charge on any atom is 0.0658 e. The first-order chi connectivity index (χ1) is 9.65. The van der Waals surface area contributed by atoms with Gasteiger partial charge in [-0.05, 0) is 50.8 Å². The van der Waals surface area contributed by atoms with Crippen LogP contribution in [0.5, 0.6) is 0 Å². The zero-order valence-corrected chi connectivity index (χ0v) is 14.1. The van der Waals surface area contributed by atoms with Crippen LogP contribution in [0.2, 0.25) is 0 Å². The molecule has 0 bridgehead atoms. The van der Waals surface area contributed by atoms with Crippen molar-refractivity contribution in [1.29, 1.82) is 0 Å². The van der Waals surface area contributed by atoms with E-state index in [0.29, 0.717) is 0 Å². The van der Waals surface area contributed by atoms with Gasteiger partial charge in [-0.1, -0.05) is 51.1 Å². The highest BCUT2D eigenvalue weighted by Gasteiger charge is 2.09. The van der Waals surface area contributed by atoms with Gasteiger partial charge in [0.15, 0.2) is 0 Å². The molecule has 0 N–H and O–H groups in total. The monoisotopic (exact) mass is 271 g/mol. The average Bonchev–Trinajstić information content (AvgIpc) is 2.48. The first-order valence-electron chi connectivity index (χ1n) is 7.57. The third kappa shape index (κ3) is 4.80. The van der Waals surface area contributed by atoms with Crippen molar-refractivity contribution in [2.75, 3.05) is 0 Å². The maximum atomic E-state index is 4.48. The molecule has 0 amide bonds. The van der Waals surface area contributed by atoms with Gasteiger partial charge in [0.1, 0.15) is 0 Å². The van der Waals surface area contributed by atoms with Crippen LogP contribution in [0, 0.1) is 13.8 Å². The second kappa shape index (κ2) is 10.2.